The van der Waals surface area contributed by atoms with Crippen molar-refractivity contribution >= 4 is 0 Å². The quantitative estimate of drug-likeness (QED) is 0.301. The maximum Gasteiger partial charge on any atom is 0.125 e. The lowest BCUT2D eigenvalue weighted by Gasteiger charge is -2.13. The fourth-order valence-corrected chi connectivity index (χ4v) is 0.526. The van der Waals surface area contributed by atoms with Crippen molar-refractivity contribution in [1.82, 2.24) is 0 Å². The molecule has 0 spiro atoms. The van der Waals surface area contributed by atoms with Gasteiger partial charge in [-0.1, -0.05) is 0 Å². The van der Waals surface area contributed by atoms with Gasteiger partial charge in [0, 0.05) is 0 Å². The van der Waals surface area contributed by atoms with E-state index in [0.717, 1.165) is 0 Å². The standard InChI is InChI=1S/C5H15N3O3/c6-3-9-1-5(11-8)2-10-4-7/h5H,1-4,6-8H2. The van der Waals surface area contributed by atoms with E-state index in [9.17, 15) is 0 Å². The Kier molecular flexibility index (Phi) is 7.69. The highest BCUT2D eigenvalue weighted by molar-refractivity contribution is 4.52. The summed E-state index contributed by atoms with van der Waals surface area (Å²) in [5, 5.41) is 0. The molecule has 0 aromatic rings. The van der Waals surface area contributed by atoms with E-state index in [0.29, 0.717) is 13.2 Å². The second-order valence-electron chi connectivity index (χ2n) is 1.83. The van der Waals surface area contributed by atoms with Crippen molar-refractivity contribution in [1.29, 1.82) is 0 Å². The molecule has 0 bridgehead atoms. The Morgan fingerprint density at radius 3 is 1.73 bits per heavy atom. The molecule has 0 saturated heterocycles. The second-order valence-corrected chi connectivity index (χ2v) is 1.83. The van der Waals surface area contributed by atoms with Crippen LogP contribution in [-0.4, -0.2) is 32.8 Å². The fraction of sp³-hybridized carbons (Fsp3) is 1.00. The topological polar surface area (TPSA) is 106 Å². The van der Waals surface area contributed by atoms with Crippen LogP contribution in [0.1, 0.15) is 0 Å². The highest BCUT2D eigenvalue weighted by atomic mass is 16.6. The summed E-state index contributed by atoms with van der Waals surface area (Å²) in [4.78, 5) is 4.49. The first-order valence-electron chi connectivity index (χ1n) is 3.26. The third-order valence-electron chi connectivity index (χ3n) is 1.04. The molecule has 0 rings (SSSR count). The summed E-state index contributed by atoms with van der Waals surface area (Å²) in [7, 11) is 0. The van der Waals surface area contributed by atoms with Gasteiger partial charge in [0.15, 0.2) is 0 Å². The lowest BCUT2D eigenvalue weighted by molar-refractivity contribution is -0.0597. The van der Waals surface area contributed by atoms with Gasteiger partial charge in [-0.15, -0.1) is 0 Å². The molecule has 6 N–H and O–H groups in total. The molecule has 0 aromatic heterocycles. The number of nitrogens with two attached hydrogens (primary N) is 3. The third-order valence-corrected chi connectivity index (χ3v) is 1.04. The van der Waals surface area contributed by atoms with E-state index in [4.69, 9.17) is 26.8 Å². The van der Waals surface area contributed by atoms with Crippen molar-refractivity contribution in [3.8, 4) is 0 Å². The summed E-state index contributed by atoms with van der Waals surface area (Å²) < 4.78 is 9.67. The normalized spacial score (nSPS) is 10.9. The predicted molar refractivity (Wildman–Crippen MR) is 39.1 cm³/mol. The first kappa shape index (κ1) is 10.8. The fourth-order valence-electron chi connectivity index (χ4n) is 0.526. The van der Waals surface area contributed by atoms with Gasteiger partial charge in [0.25, 0.3) is 0 Å². The molecule has 0 atom stereocenters. The molecule has 0 radical (unpaired) electrons. The molecule has 6 nitrogen and oxygen atoms in total. The summed E-state index contributed by atoms with van der Waals surface area (Å²) in [5.74, 6) is 4.91. The van der Waals surface area contributed by atoms with Crippen molar-refractivity contribution in [2.24, 2.45) is 17.4 Å². The molecule has 0 amide bonds. The van der Waals surface area contributed by atoms with Gasteiger partial charge in [-0.2, -0.15) is 0 Å². The Bertz CT molecular complexity index is 75.4. The van der Waals surface area contributed by atoms with Crippen LogP contribution in [0.15, 0.2) is 0 Å². The van der Waals surface area contributed by atoms with Crippen molar-refractivity contribution in [3.05, 3.63) is 0 Å². The van der Waals surface area contributed by atoms with Gasteiger partial charge in [-0.3, -0.25) is 4.84 Å². The number of rotatable bonds is 7. The molecule has 0 aliphatic heterocycles. The van der Waals surface area contributed by atoms with Crippen LogP contribution in [0.5, 0.6) is 0 Å². The van der Waals surface area contributed by atoms with Gasteiger partial charge in [0.1, 0.15) is 6.10 Å². The molecule has 0 aliphatic carbocycles. The molecule has 0 aromatic carbocycles. The Morgan fingerprint density at radius 1 is 1.00 bits per heavy atom. The average Bonchev–Trinajstić information content (AvgIpc) is 2.05. The Labute approximate surface area is 65.5 Å². The van der Waals surface area contributed by atoms with E-state index in [1.807, 2.05) is 0 Å². The van der Waals surface area contributed by atoms with E-state index < -0.39 is 0 Å². The van der Waals surface area contributed by atoms with Crippen LogP contribution < -0.4 is 17.4 Å². The molecular weight excluding hydrogens is 150 g/mol. The van der Waals surface area contributed by atoms with Crippen molar-refractivity contribution in [3.63, 3.8) is 0 Å². The van der Waals surface area contributed by atoms with Crippen molar-refractivity contribution in [2.75, 3.05) is 26.7 Å². The summed E-state index contributed by atoms with van der Waals surface area (Å²) in [6, 6.07) is 0. The Balaban J connectivity index is 3.25. The minimum Gasteiger partial charge on any atom is -0.364 e. The Morgan fingerprint density at radius 2 is 1.45 bits per heavy atom. The molecule has 0 heterocycles. The highest BCUT2D eigenvalue weighted by Crippen LogP contribution is 1.89. The average molecular weight is 165 g/mol. The smallest absolute Gasteiger partial charge is 0.125 e. The van der Waals surface area contributed by atoms with E-state index in [1.165, 1.54) is 0 Å². The second kappa shape index (κ2) is 7.86. The zero-order chi connectivity index (χ0) is 8.53. The monoisotopic (exact) mass is 165 g/mol. The zero-order valence-electron chi connectivity index (χ0n) is 6.36. The molecule has 6 heteroatoms. The highest BCUT2D eigenvalue weighted by Gasteiger charge is 2.06. The predicted octanol–water partition coefficient (Wildman–Crippen LogP) is -1.89. The molecule has 68 valence electrons. The molecule has 0 saturated carbocycles. The third kappa shape index (κ3) is 6.17. The van der Waals surface area contributed by atoms with Gasteiger partial charge < -0.3 is 20.9 Å². The minimum atomic E-state index is -0.304. The van der Waals surface area contributed by atoms with Crippen LogP contribution in [0, 0.1) is 0 Å². The maximum atomic E-state index is 5.08. The first-order valence-corrected chi connectivity index (χ1v) is 3.26. The molecule has 0 fully saturated rings. The molecule has 0 unspecified atom stereocenters. The SMILES string of the molecule is NCOCC(COCN)ON. The summed E-state index contributed by atoms with van der Waals surface area (Å²) >= 11 is 0. The van der Waals surface area contributed by atoms with Gasteiger partial charge in [0.2, 0.25) is 0 Å². The minimum absolute atomic E-state index is 0.141. The van der Waals surface area contributed by atoms with Gasteiger partial charge in [0.05, 0.1) is 26.7 Å². The van der Waals surface area contributed by atoms with Crippen molar-refractivity contribution in [2.45, 2.75) is 6.10 Å². The van der Waals surface area contributed by atoms with Crippen LogP contribution in [0.3, 0.4) is 0 Å². The van der Waals surface area contributed by atoms with E-state index >= 15 is 0 Å². The number of hydrogen-bond acceptors (Lipinski definition) is 6. The largest absolute Gasteiger partial charge is 0.364 e. The van der Waals surface area contributed by atoms with E-state index in [1.54, 1.807) is 0 Å². The maximum absolute atomic E-state index is 5.08. The van der Waals surface area contributed by atoms with Gasteiger partial charge in [-0.05, 0) is 0 Å². The summed E-state index contributed by atoms with van der Waals surface area (Å²) in [5.41, 5.74) is 10.2. The van der Waals surface area contributed by atoms with E-state index in [-0.39, 0.29) is 19.6 Å². The molecule has 11 heavy (non-hydrogen) atoms. The van der Waals surface area contributed by atoms with Gasteiger partial charge in [-0.25, -0.2) is 5.90 Å². The number of ether oxygens (including phenoxy) is 2. The van der Waals surface area contributed by atoms with E-state index in [2.05, 4.69) is 4.84 Å². The van der Waals surface area contributed by atoms with Crippen LogP contribution in [0.25, 0.3) is 0 Å². The van der Waals surface area contributed by atoms with Crippen LogP contribution in [0.2, 0.25) is 0 Å². The summed E-state index contributed by atoms with van der Waals surface area (Å²) in [6.45, 7) is 0.908. The van der Waals surface area contributed by atoms with Gasteiger partial charge >= 0.3 is 0 Å². The zero-order valence-corrected chi connectivity index (χ0v) is 6.36. The summed E-state index contributed by atoms with van der Waals surface area (Å²) in [6.07, 6.45) is -0.304. The molecule has 0 aliphatic rings. The first-order chi connectivity index (χ1) is 5.35. The van der Waals surface area contributed by atoms with Crippen LogP contribution in [0.4, 0.5) is 0 Å². The lowest BCUT2D eigenvalue weighted by atomic mass is 10.4. The molecular formula is C5H15N3O3. The van der Waals surface area contributed by atoms with Crippen LogP contribution >= 0.6 is 0 Å². The lowest BCUT2D eigenvalue weighted by Crippen LogP contribution is -2.30. The number of hydrogen-bond donors (Lipinski definition) is 3. The Hall–Kier alpha value is -0.240. The van der Waals surface area contributed by atoms with Crippen LogP contribution in [-0.2, 0) is 14.3 Å². The van der Waals surface area contributed by atoms with Crippen molar-refractivity contribution < 1.29 is 14.3 Å².